The fraction of sp³-hybridized carbons (Fsp3) is 0.706. The van der Waals surface area contributed by atoms with E-state index in [0.29, 0.717) is 24.4 Å². The molecule has 4 rings (SSSR count). The van der Waals surface area contributed by atoms with Crippen LogP contribution < -0.4 is 10.2 Å². The van der Waals surface area contributed by atoms with Gasteiger partial charge in [0.15, 0.2) is 0 Å². The van der Waals surface area contributed by atoms with Crippen molar-refractivity contribution in [2.75, 3.05) is 31.1 Å². The maximum atomic E-state index is 11.3. The summed E-state index contributed by atoms with van der Waals surface area (Å²) in [4.78, 5) is 24.9. The number of piperidine rings is 1. The second-order valence-corrected chi connectivity index (χ2v) is 7.11. The fourth-order valence-electron chi connectivity index (χ4n) is 4.00. The molecule has 1 aromatic rings. The molecule has 1 N–H and O–H groups in total. The number of carbonyl (C=O) groups is 1. The van der Waals surface area contributed by atoms with Crippen LogP contribution >= 0.6 is 0 Å². The van der Waals surface area contributed by atoms with Crippen molar-refractivity contribution in [1.29, 1.82) is 0 Å². The first kappa shape index (κ1) is 14.9. The first-order valence-corrected chi connectivity index (χ1v) is 8.83. The van der Waals surface area contributed by atoms with Gasteiger partial charge in [-0.1, -0.05) is 0 Å². The molecule has 124 valence electrons. The van der Waals surface area contributed by atoms with E-state index in [1.807, 2.05) is 12.3 Å². The third kappa shape index (κ3) is 3.47. The molecule has 23 heavy (non-hydrogen) atoms. The van der Waals surface area contributed by atoms with Crippen LogP contribution in [0, 0.1) is 5.92 Å². The van der Waals surface area contributed by atoms with Gasteiger partial charge in [0.1, 0.15) is 12.1 Å². The first-order valence-electron chi connectivity index (χ1n) is 8.83. The van der Waals surface area contributed by atoms with Crippen LogP contribution in [-0.2, 0) is 4.79 Å². The zero-order valence-electron chi connectivity index (χ0n) is 13.5. The number of nitrogens with one attached hydrogen (secondary N) is 1. The maximum Gasteiger partial charge on any atom is 0.220 e. The molecule has 0 radical (unpaired) electrons. The molecular weight excluding hydrogens is 290 g/mol. The lowest BCUT2D eigenvalue weighted by molar-refractivity contribution is -0.119. The molecule has 6 nitrogen and oxygen atoms in total. The highest BCUT2D eigenvalue weighted by molar-refractivity contribution is 5.78. The van der Waals surface area contributed by atoms with Gasteiger partial charge in [-0.15, -0.1) is 0 Å². The lowest BCUT2D eigenvalue weighted by Crippen LogP contribution is -2.47. The predicted octanol–water partition coefficient (Wildman–Crippen LogP) is 1.05. The lowest BCUT2D eigenvalue weighted by atomic mass is 10.0. The second kappa shape index (κ2) is 6.43. The Labute approximate surface area is 137 Å². The molecule has 6 heteroatoms. The van der Waals surface area contributed by atoms with E-state index in [9.17, 15) is 4.79 Å². The van der Waals surface area contributed by atoms with Crippen LogP contribution in [-0.4, -0.2) is 59.0 Å². The summed E-state index contributed by atoms with van der Waals surface area (Å²) in [6.45, 7) is 4.17. The summed E-state index contributed by atoms with van der Waals surface area (Å²) < 4.78 is 0. The molecule has 0 spiro atoms. The largest absolute Gasteiger partial charge is 0.356 e. The van der Waals surface area contributed by atoms with Crippen LogP contribution in [0.2, 0.25) is 0 Å². The van der Waals surface area contributed by atoms with Crippen LogP contribution in [0.25, 0.3) is 0 Å². The molecule has 1 atom stereocenters. The third-order valence-corrected chi connectivity index (χ3v) is 5.30. The zero-order chi connectivity index (χ0) is 15.6. The fourth-order valence-corrected chi connectivity index (χ4v) is 4.00. The molecule has 0 bridgehead atoms. The summed E-state index contributed by atoms with van der Waals surface area (Å²) >= 11 is 0. The number of rotatable bonds is 5. The Bertz CT molecular complexity index is 539. The molecule has 2 saturated heterocycles. The standard InChI is InChI=1S/C17H25N5O/c23-17-9-13(10-19-17)11-21-7-4-15(5-8-21)22(14-1-2-14)16-3-6-18-12-20-16/h3,6,12-15H,1-2,4-5,7-11H2,(H,19,23). The minimum atomic E-state index is 0.216. The van der Waals surface area contributed by atoms with Gasteiger partial charge in [0.05, 0.1) is 0 Å². The summed E-state index contributed by atoms with van der Waals surface area (Å²) in [7, 11) is 0. The summed E-state index contributed by atoms with van der Waals surface area (Å²) in [6, 6.07) is 3.32. The molecule has 1 unspecified atom stereocenters. The SMILES string of the molecule is O=C1CC(CN2CCC(N(c3ccncn3)C3CC3)CC2)CN1. The molecule has 3 heterocycles. The molecule has 1 aromatic heterocycles. The predicted molar refractivity (Wildman–Crippen MR) is 88.1 cm³/mol. The topological polar surface area (TPSA) is 61.4 Å². The molecule has 1 aliphatic carbocycles. The van der Waals surface area contributed by atoms with Crippen LogP contribution in [0.15, 0.2) is 18.6 Å². The quantitative estimate of drug-likeness (QED) is 0.880. The summed E-state index contributed by atoms with van der Waals surface area (Å²) in [5.74, 6) is 1.81. The second-order valence-electron chi connectivity index (χ2n) is 7.11. The molecule has 1 amide bonds. The maximum absolute atomic E-state index is 11.3. The Morgan fingerprint density at radius 2 is 2.00 bits per heavy atom. The molecular formula is C17H25N5O. The highest BCUT2D eigenvalue weighted by Gasteiger charge is 2.36. The lowest BCUT2D eigenvalue weighted by Gasteiger charge is -2.40. The smallest absolute Gasteiger partial charge is 0.220 e. The molecule has 1 saturated carbocycles. The van der Waals surface area contributed by atoms with Crippen molar-refractivity contribution in [3.05, 3.63) is 18.6 Å². The van der Waals surface area contributed by atoms with Gasteiger partial charge in [-0.05, 0) is 37.7 Å². The van der Waals surface area contributed by atoms with Crippen LogP contribution in [0.3, 0.4) is 0 Å². The Morgan fingerprint density at radius 3 is 2.61 bits per heavy atom. The summed E-state index contributed by atoms with van der Waals surface area (Å²) in [5, 5.41) is 2.94. The first-order chi connectivity index (χ1) is 11.3. The molecule has 3 aliphatic rings. The van der Waals surface area contributed by atoms with Crippen LogP contribution in [0.5, 0.6) is 0 Å². The number of hydrogen-bond acceptors (Lipinski definition) is 5. The van der Waals surface area contributed by atoms with Gasteiger partial charge in [0.25, 0.3) is 0 Å². The van der Waals surface area contributed by atoms with E-state index >= 15 is 0 Å². The van der Waals surface area contributed by atoms with Gasteiger partial charge in [-0.3, -0.25) is 4.79 Å². The molecule has 3 fully saturated rings. The van der Waals surface area contributed by atoms with Gasteiger partial charge in [-0.25, -0.2) is 9.97 Å². The highest BCUT2D eigenvalue weighted by Crippen LogP contribution is 2.35. The van der Waals surface area contributed by atoms with E-state index in [2.05, 4.69) is 25.1 Å². The monoisotopic (exact) mass is 315 g/mol. The number of likely N-dealkylation sites (tertiary alicyclic amines) is 1. The van der Waals surface area contributed by atoms with Gasteiger partial charge < -0.3 is 15.1 Å². The van der Waals surface area contributed by atoms with E-state index in [-0.39, 0.29) is 5.91 Å². The van der Waals surface area contributed by atoms with Crippen molar-refractivity contribution in [3.8, 4) is 0 Å². The number of hydrogen-bond donors (Lipinski definition) is 1. The van der Waals surface area contributed by atoms with Crippen molar-refractivity contribution in [2.45, 2.75) is 44.2 Å². The Balaban J connectivity index is 1.34. The number of carbonyl (C=O) groups excluding carboxylic acids is 1. The van der Waals surface area contributed by atoms with Crippen LogP contribution in [0.4, 0.5) is 5.82 Å². The highest BCUT2D eigenvalue weighted by atomic mass is 16.1. The van der Waals surface area contributed by atoms with Crippen molar-refractivity contribution >= 4 is 11.7 Å². The zero-order valence-corrected chi connectivity index (χ0v) is 13.5. The molecule has 2 aliphatic heterocycles. The number of nitrogens with zero attached hydrogens (tertiary/aromatic N) is 4. The van der Waals surface area contributed by atoms with Gasteiger partial charge >= 0.3 is 0 Å². The van der Waals surface area contributed by atoms with Crippen molar-refractivity contribution in [1.82, 2.24) is 20.2 Å². The minimum Gasteiger partial charge on any atom is -0.356 e. The van der Waals surface area contributed by atoms with E-state index < -0.39 is 0 Å². The van der Waals surface area contributed by atoms with E-state index in [0.717, 1.165) is 32.0 Å². The summed E-state index contributed by atoms with van der Waals surface area (Å²) in [6.07, 6.45) is 9.17. The average Bonchev–Trinajstić information content (AvgIpc) is 3.33. The van der Waals surface area contributed by atoms with E-state index in [1.54, 1.807) is 6.33 Å². The Morgan fingerprint density at radius 1 is 1.22 bits per heavy atom. The summed E-state index contributed by atoms with van der Waals surface area (Å²) in [5.41, 5.74) is 0. The third-order valence-electron chi connectivity index (χ3n) is 5.30. The van der Waals surface area contributed by atoms with Crippen molar-refractivity contribution < 1.29 is 4.79 Å². The van der Waals surface area contributed by atoms with E-state index in [1.165, 1.54) is 25.7 Å². The van der Waals surface area contributed by atoms with Gasteiger partial charge in [-0.2, -0.15) is 0 Å². The van der Waals surface area contributed by atoms with E-state index in [4.69, 9.17) is 0 Å². The number of amides is 1. The molecule has 0 aromatic carbocycles. The average molecular weight is 315 g/mol. The Kier molecular flexibility index (Phi) is 4.16. The van der Waals surface area contributed by atoms with Crippen LogP contribution in [0.1, 0.15) is 32.1 Å². The van der Waals surface area contributed by atoms with Gasteiger partial charge in [0, 0.05) is 50.9 Å². The van der Waals surface area contributed by atoms with Gasteiger partial charge in [0.2, 0.25) is 5.91 Å². The minimum absolute atomic E-state index is 0.216. The van der Waals surface area contributed by atoms with Crippen molar-refractivity contribution in [2.24, 2.45) is 5.92 Å². The van der Waals surface area contributed by atoms with Crippen molar-refractivity contribution in [3.63, 3.8) is 0 Å². The normalized spacial score (nSPS) is 26.3. The Hall–Kier alpha value is -1.69. The number of aromatic nitrogens is 2. The number of anilines is 1.